The van der Waals surface area contributed by atoms with Crippen LogP contribution in [0, 0.1) is 6.92 Å². The number of benzene rings is 3. The number of nitrogens with zero attached hydrogens (tertiary/aromatic N) is 4. The van der Waals surface area contributed by atoms with Crippen molar-refractivity contribution >= 4 is 45.3 Å². The van der Waals surface area contributed by atoms with Crippen molar-refractivity contribution in [1.29, 1.82) is 0 Å². The Hall–Kier alpha value is -5.03. The third-order valence-corrected chi connectivity index (χ3v) is 6.65. The Morgan fingerprint density at radius 3 is 2.62 bits per heavy atom. The summed E-state index contributed by atoms with van der Waals surface area (Å²) in [6.45, 7) is 3.07. The fourth-order valence-corrected chi connectivity index (χ4v) is 4.86. The van der Waals surface area contributed by atoms with Gasteiger partial charge in [-0.2, -0.15) is 14.9 Å². The van der Waals surface area contributed by atoms with E-state index in [9.17, 15) is 14.4 Å². The molecule has 0 aliphatic heterocycles. The zero-order valence-corrected chi connectivity index (χ0v) is 21.9. The lowest BCUT2D eigenvalue weighted by molar-refractivity contribution is -0.121. The van der Waals surface area contributed by atoms with Crippen LogP contribution in [0.15, 0.2) is 88.8 Å². The molecule has 39 heavy (non-hydrogen) atoms. The van der Waals surface area contributed by atoms with Gasteiger partial charge in [-0.3, -0.25) is 19.0 Å². The average Bonchev–Trinajstić information content (AvgIpc) is 3.40. The fraction of sp³-hybridized carbons (Fsp3) is 0.107. The number of ether oxygens (including phenoxy) is 1. The molecule has 0 fully saturated rings. The molecule has 5 rings (SSSR count). The number of anilines is 1. The summed E-state index contributed by atoms with van der Waals surface area (Å²) in [5.74, 6) is 0.200. The summed E-state index contributed by atoms with van der Waals surface area (Å²) in [5.41, 5.74) is 5.70. The highest BCUT2D eigenvalue weighted by atomic mass is 32.1. The van der Waals surface area contributed by atoms with Gasteiger partial charge in [0.05, 0.1) is 33.4 Å². The van der Waals surface area contributed by atoms with Crippen LogP contribution in [0.4, 0.5) is 5.69 Å². The normalized spacial score (nSPS) is 11.1. The smallest absolute Gasteiger partial charge is 0.308 e. The molecule has 0 bridgehead atoms. The van der Waals surface area contributed by atoms with Gasteiger partial charge in [-0.15, -0.1) is 0 Å². The number of carbonyl (C=O) groups is 2. The molecule has 0 spiro atoms. The van der Waals surface area contributed by atoms with Gasteiger partial charge in [0.15, 0.2) is 0 Å². The molecule has 196 valence electrons. The summed E-state index contributed by atoms with van der Waals surface area (Å²) in [6, 6.07) is 23.7. The van der Waals surface area contributed by atoms with Crippen LogP contribution in [0.1, 0.15) is 18.2 Å². The third-order valence-electron chi connectivity index (χ3n) is 5.69. The second-order valence-corrected chi connectivity index (χ2v) is 9.57. The van der Waals surface area contributed by atoms with Gasteiger partial charge in [0.1, 0.15) is 12.3 Å². The molecule has 0 saturated heterocycles. The molecule has 0 saturated carbocycles. The minimum absolute atomic E-state index is 0.165. The number of hydrogen-bond donors (Lipinski definition) is 2. The van der Waals surface area contributed by atoms with Crippen LogP contribution in [0.25, 0.3) is 15.9 Å². The minimum Gasteiger partial charge on any atom is -0.438 e. The SMILES string of the molecule is CC(=O)Nc1cccc(Oc2c(/C=N/NC(=O)Cn3c(=O)sc4ccccc43)c(C)nn2-c2ccccc2)c1. The van der Waals surface area contributed by atoms with Gasteiger partial charge in [0.25, 0.3) is 5.91 Å². The van der Waals surface area contributed by atoms with Crippen LogP contribution in [-0.2, 0) is 16.1 Å². The highest BCUT2D eigenvalue weighted by Crippen LogP contribution is 2.30. The molecular weight excluding hydrogens is 516 g/mol. The Balaban J connectivity index is 1.42. The van der Waals surface area contributed by atoms with E-state index in [2.05, 4.69) is 20.9 Å². The van der Waals surface area contributed by atoms with Gasteiger partial charge < -0.3 is 10.1 Å². The van der Waals surface area contributed by atoms with Gasteiger partial charge >= 0.3 is 4.87 Å². The molecule has 3 aromatic carbocycles. The van der Waals surface area contributed by atoms with Crippen molar-refractivity contribution in [2.75, 3.05) is 5.32 Å². The molecule has 0 unspecified atom stereocenters. The third kappa shape index (κ3) is 5.78. The van der Waals surface area contributed by atoms with E-state index >= 15 is 0 Å². The summed E-state index contributed by atoms with van der Waals surface area (Å²) in [5, 5.41) is 11.5. The van der Waals surface area contributed by atoms with Crippen molar-refractivity contribution in [1.82, 2.24) is 19.8 Å². The van der Waals surface area contributed by atoms with Crippen LogP contribution in [-0.4, -0.2) is 32.4 Å². The quantitative estimate of drug-likeness (QED) is 0.223. The Kier molecular flexibility index (Phi) is 7.32. The van der Waals surface area contributed by atoms with E-state index in [1.54, 1.807) is 41.9 Å². The largest absolute Gasteiger partial charge is 0.438 e. The van der Waals surface area contributed by atoms with Gasteiger partial charge in [-0.1, -0.05) is 47.7 Å². The standard InChI is InChI=1S/C28H24N6O4S/c1-18-23(16-29-31-26(36)17-33-24-13-6-7-14-25(24)39-28(33)37)27(34(32-18)21-10-4-3-5-11-21)38-22-12-8-9-20(15-22)30-19(2)35/h3-16H,17H2,1-2H3,(H,30,35)(H,31,36)/b29-16+. The van der Waals surface area contributed by atoms with E-state index in [1.165, 1.54) is 17.7 Å². The number of aromatic nitrogens is 3. The van der Waals surface area contributed by atoms with Crippen LogP contribution >= 0.6 is 11.3 Å². The second-order valence-electron chi connectivity index (χ2n) is 8.58. The molecule has 0 aliphatic rings. The predicted molar refractivity (Wildman–Crippen MR) is 151 cm³/mol. The first-order valence-electron chi connectivity index (χ1n) is 12.0. The number of aryl methyl sites for hydroxylation is 1. The van der Waals surface area contributed by atoms with Crippen molar-refractivity contribution in [3.8, 4) is 17.3 Å². The molecule has 10 nitrogen and oxygen atoms in total. The Bertz CT molecular complexity index is 1750. The summed E-state index contributed by atoms with van der Waals surface area (Å²) in [6.07, 6.45) is 1.46. The number of nitrogens with one attached hydrogen (secondary N) is 2. The number of carbonyl (C=O) groups excluding carboxylic acids is 2. The number of fused-ring (bicyclic) bond motifs is 1. The molecule has 0 radical (unpaired) electrons. The van der Waals surface area contributed by atoms with E-state index in [0.29, 0.717) is 34.1 Å². The first-order chi connectivity index (χ1) is 18.9. The molecular formula is C28H24N6O4S. The topological polar surface area (TPSA) is 120 Å². The van der Waals surface area contributed by atoms with E-state index in [1.807, 2.05) is 48.5 Å². The highest BCUT2D eigenvalue weighted by molar-refractivity contribution is 7.16. The number of rotatable bonds is 8. The van der Waals surface area contributed by atoms with Gasteiger partial charge in [-0.05, 0) is 43.3 Å². The van der Waals surface area contributed by atoms with Crippen molar-refractivity contribution in [2.45, 2.75) is 20.4 Å². The first-order valence-corrected chi connectivity index (χ1v) is 12.8. The summed E-state index contributed by atoms with van der Waals surface area (Å²) >= 11 is 1.09. The maximum atomic E-state index is 12.6. The zero-order chi connectivity index (χ0) is 27.4. The van der Waals surface area contributed by atoms with Crippen LogP contribution < -0.4 is 20.4 Å². The zero-order valence-electron chi connectivity index (χ0n) is 21.1. The van der Waals surface area contributed by atoms with Crippen molar-refractivity contribution in [2.24, 2.45) is 5.10 Å². The lowest BCUT2D eigenvalue weighted by atomic mass is 10.2. The van der Waals surface area contributed by atoms with Gasteiger partial charge in [0.2, 0.25) is 11.8 Å². The van der Waals surface area contributed by atoms with E-state index in [4.69, 9.17) is 4.74 Å². The second kappa shape index (κ2) is 11.2. The number of para-hydroxylation sites is 2. The predicted octanol–water partition coefficient (Wildman–Crippen LogP) is 4.46. The van der Waals surface area contributed by atoms with Crippen LogP contribution in [0.3, 0.4) is 0 Å². The molecule has 2 aromatic heterocycles. The van der Waals surface area contributed by atoms with Crippen molar-refractivity contribution < 1.29 is 14.3 Å². The maximum absolute atomic E-state index is 12.6. The Labute approximate surface area is 227 Å². The Morgan fingerprint density at radius 1 is 1.05 bits per heavy atom. The summed E-state index contributed by atoms with van der Waals surface area (Å²) < 4.78 is 10.1. The molecule has 2 N–H and O–H groups in total. The molecule has 0 aliphatic carbocycles. The lowest BCUT2D eigenvalue weighted by Crippen LogP contribution is -2.27. The molecule has 5 aromatic rings. The van der Waals surface area contributed by atoms with Crippen molar-refractivity contribution in [3.63, 3.8) is 0 Å². The van der Waals surface area contributed by atoms with Crippen molar-refractivity contribution in [3.05, 3.63) is 99.8 Å². The number of thiazole rings is 1. The number of hydrazone groups is 1. The highest BCUT2D eigenvalue weighted by Gasteiger charge is 2.18. The summed E-state index contributed by atoms with van der Waals surface area (Å²) in [4.78, 5) is 36.3. The van der Waals surface area contributed by atoms with Crippen LogP contribution in [0.5, 0.6) is 11.6 Å². The fourth-order valence-electron chi connectivity index (χ4n) is 3.97. The van der Waals surface area contributed by atoms with Crippen LogP contribution in [0.2, 0.25) is 0 Å². The summed E-state index contributed by atoms with van der Waals surface area (Å²) in [7, 11) is 0. The molecule has 11 heteroatoms. The average molecular weight is 541 g/mol. The monoisotopic (exact) mass is 540 g/mol. The molecule has 0 atom stereocenters. The van der Waals surface area contributed by atoms with E-state index in [0.717, 1.165) is 21.7 Å². The van der Waals surface area contributed by atoms with E-state index in [-0.39, 0.29) is 17.3 Å². The lowest BCUT2D eigenvalue weighted by Gasteiger charge is -2.11. The Morgan fingerprint density at radius 2 is 1.82 bits per heavy atom. The number of amides is 2. The van der Waals surface area contributed by atoms with E-state index < -0.39 is 5.91 Å². The molecule has 2 heterocycles. The van der Waals surface area contributed by atoms with Gasteiger partial charge in [-0.25, -0.2) is 5.43 Å². The molecule has 2 amide bonds. The van der Waals surface area contributed by atoms with Gasteiger partial charge in [0, 0.05) is 18.7 Å². The maximum Gasteiger partial charge on any atom is 0.308 e. The first kappa shape index (κ1) is 25.6. The number of hydrogen-bond acceptors (Lipinski definition) is 7. The minimum atomic E-state index is -0.449.